The number of anilines is 2. The molecule has 1 aliphatic rings. The topological polar surface area (TPSA) is 49.6 Å². The van der Waals surface area contributed by atoms with Crippen LogP contribution in [0.4, 0.5) is 11.4 Å². The molecule has 0 bridgehead atoms. The molecule has 1 amide bonds. The van der Waals surface area contributed by atoms with Crippen LogP contribution in [0.2, 0.25) is 0 Å². The van der Waals surface area contributed by atoms with Crippen LogP contribution in [0.3, 0.4) is 0 Å². The molecule has 1 saturated heterocycles. The molecule has 1 heterocycles. The first-order valence-corrected chi connectivity index (χ1v) is 5.02. The van der Waals surface area contributed by atoms with Crippen molar-refractivity contribution in [1.82, 2.24) is 4.90 Å². The predicted molar refractivity (Wildman–Crippen MR) is 60.7 cm³/mol. The Labute approximate surface area is 89.3 Å². The van der Waals surface area contributed by atoms with Gasteiger partial charge in [-0.05, 0) is 19.2 Å². The summed E-state index contributed by atoms with van der Waals surface area (Å²) >= 11 is 0. The minimum Gasteiger partial charge on any atom is -0.397 e. The maximum Gasteiger partial charge on any atom is 0.241 e. The van der Waals surface area contributed by atoms with E-state index in [0.717, 1.165) is 12.2 Å². The summed E-state index contributed by atoms with van der Waals surface area (Å²) in [4.78, 5) is 15.6. The number of hydrogen-bond acceptors (Lipinski definition) is 3. The van der Waals surface area contributed by atoms with Crippen molar-refractivity contribution in [2.45, 2.75) is 0 Å². The lowest BCUT2D eigenvalue weighted by Gasteiger charge is -2.32. The van der Waals surface area contributed by atoms with E-state index in [-0.39, 0.29) is 5.91 Å². The lowest BCUT2D eigenvalue weighted by Crippen LogP contribution is -2.49. The van der Waals surface area contributed by atoms with Crippen molar-refractivity contribution in [3.63, 3.8) is 0 Å². The van der Waals surface area contributed by atoms with Gasteiger partial charge in [0.25, 0.3) is 0 Å². The maximum atomic E-state index is 11.8. The molecule has 0 spiro atoms. The summed E-state index contributed by atoms with van der Waals surface area (Å²) in [7, 11) is 1.95. The fraction of sp³-hybridized carbons (Fsp3) is 0.364. The Morgan fingerprint density at radius 2 is 2.00 bits per heavy atom. The number of hydrogen-bond donors (Lipinski definition) is 1. The Morgan fingerprint density at radius 1 is 1.27 bits per heavy atom. The van der Waals surface area contributed by atoms with Crippen molar-refractivity contribution < 1.29 is 4.79 Å². The standard InChI is InChI=1S/C11H15N3O/c1-13-6-7-14(11(15)8-13)10-5-3-2-4-9(10)12/h2-5H,6-8,12H2,1H3. The zero-order valence-corrected chi connectivity index (χ0v) is 8.81. The number of para-hydroxylation sites is 2. The van der Waals surface area contributed by atoms with Crippen molar-refractivity contribution in [2.24, 2.45) is 0 Å². The molecule has 1 aromatic carbocycles. The minimum atomic E-state index is 0.113. The molecule has 1 aromatic rings. The van der Waals surface area contributed by atoms with Gasteiger partial charge in [0, 0.05) is 13.1 Å². The first-order valence-electron chi connectivity index (χ1n) is 5.02. The highest BCUT2D eigenvalue weighted by molar-refractivity contribution is 5.98. The van der Waals surface area contributed by atoms with E-state index in [2.05, 4.69) is 0 Å². The van der Waals surface area contributed by atoms with Gasteiger partial charge in [0.15, 0.2) is 0 Å². The van der Waals surface area contributed by atoms with Crippen LogP contribution in [0, 0.1) is 0 Å². The van der Waals surface area contributed by atoms with Crippen molar-refractivity contribution in [1.29, 1.82) is 0 Å². The second-order valence-corrected chi connectivity index (χ2v) is 3.84. The van der Waals surface area contributed by atoms with E-state index in [1.165, 1.54) is 0 Å². The van der Waals surface area contributed by atoms with Gasteiger partial charge < -0.3 is 10.6 Å². The molecule has 2 N–H and O–H groups in total. The van der Waals surface area contributed by atoms with Crippen molar-refractivity contribution in [3.8, 4) is 0 Å². The molecule has 1 fully saturated rings. The molecular formula is C11H15N3O. The number of carbonyl (C=O) groups is 1. The van der Waals surface area contributed by atoms with Crippen LogP contribution in [-0.4, -0.2) is 37.5 Å². The fourth-order valence-electron chi connectivity index (χ4n) is 1.78. The van der Waals surface area contributed by atoms with Gasteiger partial charge in [-0.2, -0.15) is 0 Å². The molecule has 2 rings (SSSR count). The summed E-state index contributed by atoms with van der Waals surface area (Å²) in [6, 6.07) is 7.48. The zero-order valence-electron chi connectivity index (χ0n) is 8.81. The van der Waals surface area contributed by atoms with E-state index >= 15 is 0 Å². The van der Waals surface area contributed by atoms with E-state index in [1.54, 1.807) is 4.90 Å². The molecular weight excluding hydrogens is 190 g/mol. The third-order valence-corrected chi connectivity index (χ3v) is 2.64. The first-order chi connectivity index (χ1) is 7.18. The lowest BCUT2D eigenvalue weighted by molar-refractivity contribution is -0.120. The van der Waals surface area contributed by atoms with Crippen LogP contribution in [0.15, 0.2) is 24.3 Å². The van der Waals surface area contributed by atoms with E-state index in [0.29, 0.717) is 18.8 Å². The van der Waals surface area contributed by atoms with Crippen molar-refractivity contribution in [2.75, 3.05) is 37.3 Å². The molecule has 4 nitrogen and oxygen atoms in total. The molecule has 0 aromatic heterocycles. The smallest absolute Gasteiger partial charge is 0.241 e. The number of rotatable bonds is 1. The maximum absolute atomic E-state index is 11.8. The van der Waals surface area contributed by atoms with Gasteiger partial charge in [0.1, 0.15) is 0 Å². The Balaban J connectivity index is 2.24. The van der Waals surface area contributed by atoms with Crippen molar-refractivity contribution in [3.05, 3.63) is 24.3 Å². The summed E-state index contributed by atoms with van der Waals surface area (Å²) in [5.41, 5.74) is 7.33. The zero-order chi connectivity index (χ0) is 10.8. The van der Waals surface area contributed by atoms with E-state index < -0.39 is 0 Å². The van der Waals surface area contributed by atoms with Gasteiger partial charge in [-0.3, -0.25) is 9.69 Å². The van der Waals surface area contributed by atoms with Crippen molar-refractivity contribution >= 4 is 17.3 Å². The highest BCUT2D eigenvalue weighted by atomic mass is 16.2. The fourth-order valence-corrected chi connectivity index (χ4v) is 1.78. The normalized spacial score (nSPS) is 18.2. The SMILES string of the molecule is CN1CCN(c2ccccc2N)C(=O)C1. The number of nitrogens with two attached hydrogens (primary N) is 1. The Hall–Kier alpha value is -1.55. The number of likely N-dealkylation sites (N-methyl/N-ethyl adjacent to an activating group) is 1. The van der Waals surface area contributed by atoms with E-state index in [4.69, 9.17) is 5.73 Å². The van der Waals surface area contributed by atoms with Crippen LogP contribution in [0.25, 0.3) is 0 Å². The molecule has 4 heteroatoms. The molecule has 0 radical (unpaired) electrons. The third kappa shape index (κ3) is 1.94. The van der Waals surface area contributed by atoms with Gasteiger partial charge in [-0.15, -0.1) is 0 Å². The highest BCUT2D eigenvalue weighted by Gasteiger charge is 2.23. The Kier molecular flexibility index (Phi) is 2.60. The van der Waals surface area contributed by atoms with Crippen LogP contribution in [-0.2, 0) is 4.79 Å². The summed E-state index contributed by atoms with van der Waals surface area (Å²) < 4.78 is 0. The summed E-state index contributed by atoms with van der Waals surface area (Å²) in [6.07, 6.45) is 0. The van der Waals surface area contributed by atoms with Crippen LogP contribution < -0.4 is 10.6 Å². The van der Waals surface area contributed by atoms with Gasteiger partial charge in [0.05, 0.1) is 17.9 Å². The average Bonchev–Trinajstić information content (AvgIpc) is 2.20. The van der Waals surface area contributed by atoms with E-state index in [1.807, 2.05) is 36.2 Å². The number of piperazine rings is 1. The quantitative estimate of drug-likeness (QED) is 0.681. The molecule has 0 saturated carbocycles. The van der Waals surface area contributed by atoms with Gasteiger partial charge in [-0.1, -0.05) is 12.1 Å². The summed E-state index contributed by atoms with van der Waals surface area (Å²) in [6.45, 7) is 2.07. The molecule has 0 aliphatic carbocycles. The van der Waals surface area contributed by atoms with Gasteiger partial charge >= 0.3 is 0 Å². The summed E-state index contributed by atoms with van der Waals surface area (Å²) in [5.74, 6) is 0.113. The molecule has 0 unspecified atom stereocenters. The molecule has 0 atom stereocenters. The van der Waals surface area contributed by atoms with Gasteiger partial charge in [-0.25, -0.2) is 0 Å². The first kappa shape index (κ1) is 9.98. The number of carbonyl (C=O) groups excluding carboxylic acids is 1. The average molecular weight is 205 g/mol. The highest BCUT2D eigenvalue weighted by Crippen LogP contribution is 2.23. The Morgan fingerprint density at radius 3 is 2.67 bits per heavy atom. The van der Waals surface area contributed by atoms with Crippen LogP contribution in [0.5, 0.6) is 0 Å². The van der Waals surface area contributed by atoms with Gasteiger partial charge in [0.2, 0.25) is 5.91 Å². The number of benzene rings is 1. The third-order valence-electron chi connectivity index (χ3n) is 2.64. The minimum absolute atomic E-state index is 0.113. The van der Waals surface area contributed by atoms with Crippen LogP contribution in [0.1, 0.15) is 0 Å². The largest absolute Gasteiger partial charge is 0.397 e. The predicted octanol–water partition coefficient (Wildman–Crippen LogP) is 0.547. The monoisotopic (exact) mass is 205 g/mol. The number of nitrogens with zero attached hydrogens (tertiary/aromatic N) is 2. The second kappa shape index (κ2) is 3.90. The molecule has 1 aliphatic heterocycles. The number of amides is 1. The molecule has 15 heavy (non-hydrogen) atoms. The lowest BCUT2D eigenvalue weighted by atomic mass is 10.2. The van der Waals surface area contributed by atoms with E-state index in [9.17, 15) is 4.79 Å². The van der Waals surface area contributed by atoms with Crippen LogP contribution >= 0.6 is 0 Å². The summed E-state index contributed by atoms with van der Waals surface area (Å²) in [5, 5.41) is 0. The molecule has 80 valence electrons. The second-order valence-electron chi connectivity index (χ2n) is 3.84. The number of nitrogen functional groups attached to an aromatic ring is 1. The Bertz CT molecular complexity index is 378.